The molecule has 7 heteroatoms. The summed E-state index contributed by atoms with van der Waals surface area (Å²) in [6.45, 7) is 5.34. The van der Waals surface area contributed by atoms with Crippen molar-refractivity contribution in [1.82, 2.24) is 10.2 Å². The fourth-order valence-corrected chi connectivity index (χ4v) is 4.93. The Hall–Kier alpha value is -1.76. The maximum absolute atomic E-state index is 12.2. The van der Waals surface area contributed by atoms with Crippen LogP contribution >= 0.6 is 0 Å². The smallest absolute Gasteiger partial charge is 0.193 e. The van der Waals surface area contributed by atoms with Crippen molar-refractivity contribution in [3.63, 3.8) is 0 Å². The van der Waals surface area contributed by atoms with Crippen LogP contribution in [0.5, 0.6) is 5.75 Å². The largest absolute Gasteiger partial charge is 0.497 e. The predicted octanol–water partition coefficient (Wildman–Crippen LogP) is 1.81. The van der Waals surface area contributed by atoms with E-state index in [-0.39, 0.29) is 11.2 Å². The third-order valence-corrected chi connectivity index (χ3v) is 8.23. The molecule has 0 radical (unpaired) electrons. The Balaban J connectivity index is 1.66. The summed E-state index contributed by atoms with van der Waals surface area (Å²) in [5, 5.41) is 3.48. The number of nitrogens with one attached hydrogen (secondary N) is 1. The molecule has 1 saturated heterocycles. The molecule has 0 bridgehead atoms. The second-order valence-electron chi connectivity index (χ2n) is 7.91. The number of aliphatic imine (C=N–C) groups is 1. The van der Waals surface area contributed by atoms with Crippen LogP contribution in [0.1, 0.15) is 32.3 Å². The average Bonchev–Trinajstić information content (AvgIpc) is 3.40. The number of nitrogens with zero attached hydrogens (tertiary/aromatic N) is 2. The first kappa shape index (κ1) is 19.0. The molecule has 2 fully saturated rings. The Morgan fingerprint density at radius 1 is 1.27 bits per heavy atom. The Morgan fingerprint density at radius 3 is 2.42 bits per heavy atom. The summed E-state index contributed by atoms with van der Waals surface area (Å²) in [5.41, 5.74) is 1.45. The van der Waals surface area contributed by atoms with Crippen molar-refractivity contribution in [1.29, 1.82) is 0 Å². The summed E-state index contributed by atoms with van der Waals surface area (Å²) >= 11 is 0. The highest BCUT2D eigenvalue weighted by Gasteiger charge is 2.45. The van der Waals surface area contributed by atoms with E-state index in [1.807, 2.05) is 12.1 Å². The van der Waals surface area contributed by atoms with E-state index < -0.39 is 14.6 Å². The van der Waals surface area contributed by atoms with Crippen molar-refractivity contribution in [2.45, 2.75) is 36.9 Å². The third-order valence-electron chi connectivity index (χ3n) is 5.70. The van der Waals surface area contributed by atoms with E-state index >= 15 is 0 Å². The second-order valence-corrected chi connectivity index (χ2v) is 10.7. The zero-order valence-electron chi connectivity index (χ0n) is 16.1. The van der Waals surface area contributed by atoms with Gasteiger partial charge in [0.05, 0.1) is 17.6 Å². The van der Waals surface area contributed by atoms with Crippen LogP contribution in [-0.2, 0) is 15.3 Å². The van der Waals surface area contributed by atoms with E-state index in [0.717, 1.165) is 31.1 Å². The van der Waals surface area contributed by atoms with Crippen LogP contribution < -0.4 is 10.1 Å². The third kappa shape index (κ3) is 3.54. The van der Waals surface area contributed by atoms with Gasteiger partial charge in [0.1, 0.15) is 5.75 Å². The lowest BCUT2D eigenvalue weighted by molar-refractivity contribution is 0.352. The molecular weight excluding hydrogens is 350 g/mol. The Kier molecular flexibility index (Phi) is 4.94. The first-order chi connectivity index (χ1) is 12.2. The van der Waals surface area contributed by atoms with Gasteiger partial charge in [-0.25, -0.2) is 8.42 Å². The van der Waals surface area contributed by atoms with Crippen LogP contribution in [0, 0.1) is 0 Å². The van der Waals surface area contributed by atoms with Crippen LogP contribution in [0.25, 0.3) is 0 Å². The maximum Gasteiger partial charge on any atom is 0.193 e. The Bertz CT molecular complexity index is 781. The fourth-order valence-electron chi connectivity index (χ4n) is 3.57. The van der Waals surface area contributed by atoms with Gasteiger partial charge in [-0.2, -0.15) is 0 Å². The predicted molar refractivity (Wildman–Crippen MR) is 105 cm³/mol. The number of guanidine groups is 1. The van der Waals surface area contributed by atoms with Crippen molar-refractivity contribution in [2.75, 3.05) is 39.5 Å². The van der Waals surface area contributed by atoms with Gasteiger partial charge >= 0.3 is 0 Å². The minimum absolute atomic E-state index is 0.138. The van der Waals surface area contributed by atoms with E-state index in [4.69, 9.17) is 4.74 Å². The monoisotopic (exact) mass is 379 g/mol. The van der Waals surface area contributed by atoms with Crippen molar-refractivity contribution in [2.24, 2.45) is 4.99 Å². The van der Waals surface area contributed by atoms with Gasteiger partial charge in [-0.1, -0.05) is 12.1 Å². The zero-order chi connectivity index (χ0) is 19.0. The summed E-state index contributed by atoms with van der Waals surface area (Å²) in [5.74, 6) is 1.82. The Labute approximate surface area is 156 Å². The summed E-state index contributed by atoms with van der Waals surface area (Å²) in [7, 11) is 0.377. The van der Waals surface area contributed by atoms with Crippen molar-refractivity contribution >= 4 is 15.8 Å². The van der Waals surface area contributed by atoms with Gasteiger partial charge in [0, 0.05) is 32.1 Å². The second kappa shape index (κ2) is 6.76. The molecule has 1 aromatic rings. The highest BCUT2D eigenvalue weighted by molar-refractivity contribution is 7.92. The number of ether oxygens (including phenoxy) is 1. The highest BCUT2D eigenvalue weighted by Crippen LogP contribution is 2.47. The van der Waals surface area contributed by atoms with Crippen LogP contribution in [0.4, 0.5) is 0 Å². The molecule has 0 atom stereocenters. The summed E-state index contributed by atoms with van der Waals surface area (Å²) < 4.78 is 28.9. The molecule has 0 unspecified atom stereocenters. The molecular formula is C19H29N3O3S. The molecule has 6 nitrogen and oxygen atoms in total. The molecule has 3 rings (SSSR count). The molecule has 2 aliphatic rings. The number of benzene rings is 1. The van der Waals surface area contributed by atoms with Gasteiger partial charge in [-0.05, 0) is 44.4 Å². The minimum Gasteiger partial charge on any atom is -0.497 e. The molecule has 26 heavy (non-hydrogen) atoms. The van der Waals surface area contributed by atoms with Gasteiger partial charge in [-0.15, -0.1) is 0 Å². The standard InChI is InChI=1S/C19H29N3O3S/c1-18(2)14-22(11-12-26(18,23)24)17(20-3)21-13-19(9-10-19)15-5-7-16(25-4)8-6-15/h5-8H,9-14H2,1-4H3,(H,20,21). The summed E-state index contributed by atoms with van der Waals surface area (Å²) in [4.78, 5) is 6.45. The van der Waals surface area contributed by atoms with E-state index in [2.05, 4.69) is 27.3 Å². The van der Waals surface area contributed by atoms with Crippen LogP contribution in [0.3, 0.4) is 0 Å². The van der Waals surface area contributed by atoms with Crippen LogP contribution in [0.2, 0.25) is 0 Å². The topological polar surface area (TPSA) is 71.0 Å². The fraction of sp³-hybridized carbons (Fsp3) is 0.632. The molecule has 1 N–H and O–H groups in total. The number of hydrogen-bond donors (Lipinski definition) is 1. The number of sulfone groups is 1. The first-order valence-electron chi connectivity index (χ1n) is 9.05. The Morgan fingerprint density at radius 2 is 1.92 bits per heavy atom. The van der Waals surface area contributed by atoms with Gasteiger partial charge in [-0.3, -0.25) is 4.99 Å². The number of methoxy groups -OCH3 is 1. The molecule has 1 aliphatic carbocycles. The molecule has 1 saturated carbocycles. The van der Waals surface area contributed by atoms with Crippen molar-refractivity contribution in [3.8, 4) is 5.75 Å². The van der Waals surface area contributed by atoms with E-state index in [1.54, 1.807) is 28.0 Å². The molecule has 0 amide bonds. The van der Waals surface area contributed by atoms with Gasteiger partial charge < -0.3 is 15.0 Å². The SMILES string of the molecule is CN=C(NCC1(c2ccc(OC)cc2)CC1)N1CCS(=O)(=O)C(C)(C)C1. The molecule has 144 valence electrons. The van der Waals surface area contributed by atoms with Crippen LogP contribution in [-0.4, -0.2) is 63.6 Å². The summed E-state index contributed by atoms with van der Waals surface area (Å²) in [6, 6.07) is 8.27. The van der Waals surface area contributed by atoms with E-state index in [1.165, 1.54) is 5.56 Å². The molecule has 1 aliphatic heterocycles. The number of rotatable bonds is 4. The van der Waals surface area contributed by atoms with Gasteiger partial charge in [0.15, 0.2) is 15.8 Å². The van der Waals surface area contributed by atoms with Crippen molar-refractivity contribution < 1.29 is 13.2 Å². The molecule has 1 heterocycles. The average molecular weight is 380 g/mol. The van der Waals surface area contributed by atoms with Crippen LogP contribution in [0.15, 0.2) is 29.3 Å². The van der Waals surface area contributed by atoms with Crippen molar-refractivity contribution in [3.05, 3.63) is 29.8 Å². The lowest BCUT2D eigenvalue weighted by Gasteiger charge is -2.39. The lowest BCUT2D eigenvalue weighted by atomic mass is 9.96. The molecule has 0 spiro atoms. The highest BCUT2D eigenvalue weighted by atomic mass is 32.2. The minimum atomic E-state index is -3.05. The van der Waals surface area contributed by atoms with E-state index in [0.29, 0.717) is 13.1 Å². The lowest BCUT2D eigenvalue weighted by Crippen LogP contribution is -2.57. The zero-order valence-corrected chi connectivity index (χ0v) is 16.9. The van der Waals surface area contributed by atoms with Gasteiger partial charge in [0.25, 0.3) is 0 Å². The number of hydrogen-bond acceptors (Lipinski definition) is 4. The van der Waals surface area contributed by atoms with Gasteiger partial charge in [0.2, 0.25) is 0 Å². The van der Waals surface area contributed by atoms with E-state index in [9.17, 15) is 8.42 Å². The molecule has 1 aromatic carbocycles. The normalized spacial score (nSPS) is 23.4. The first-order valence-corrected chi connectivity index (χ1v) is 10.7. The molecule has 0 aromatic heterocycles. The summed E-state index contributed by atoms with van der Waals surface area (Å²) in [6.07, 6.45) is 2.28. The quantitative estimate of drug-likeness (QED) is 0.638. The maximum atomic E-state index is 12.2.